The first-order valence-corrected chi connectivity index (χ1v) is 11.6. The number of amides is 3. The van der Waals surface area contributed by atoms with Crippen LogP contribution in [-0.4, -0.2) is 34.8 Å². The molecule has 0 saturated carbocycles. The molecule has 2 aromatic carbocycles. The minimum Gasteiger partial charge on any atom is -0.332 e. The summed E-state index contributed by atoms with van der Waals surface area (Å²) in [5.74, 6) is -1.02. The van der Waals surface area contributed by atoms with Gasteiger partial charge in [0.25, 0.3) is 0 Å². The van der Waals surface area contributed by atoms with Crippen LogP contribution < -0.4 is 5.32 Å². The number of hydrogen-bond donors (Lipinski definition) is 1. The molecule has 0 atom stereocenters. The number of rotatable bonds is 9. The van der Waals surface area contributed by atoms with Crippen molar-refractivity contribution in [1.82, 2.24) is 9.80 Å². The number of aryl methyl sites for hydroxylation is 1. The first-order chi connectivity index (χ1) is 15.9. The molecule has 0 aliphatic heterocycles. The summed E-state index contributed by atoms with van der Waals surface area (Å²) in [6.07, 6.45) is 0.659. The Hall–Kier alpha value is -3.26. The molecule has 0 aliphatic rings. The van der Waals surface area contributed by atoms with Gasteiger partial charge in [-0.15, -0.1) is 11.3 Å². The van der Waals surface area contributed by atoms with Crippen molar-refractivity contribution in [3.8, 4) is 0 Å². The van der Waals surface area contributed by atoms with Crippen LogP contribution in [0.5, 0.6) is 0 Å². The lowest BCUT2D eigenvalue weighted by molar-refractivity contribution is -0.133. The molecular weight excluding hydrogens is 444 g/mol. The van der Waals surface area contributed by atoms with Crippen LogP contribution in [0.1, 0.15) is 29.3 Å². The summed E-state index contributed by atoms with van der Waals surface area (Å²) >= 11 is 1.56. The second-order valence-electron chi connectivity index (χ2n) is 7.77. The van der Waals surface area contributed by atoms with Crippen LogP contribution in [0.25, 0.3) is 0 Å². The molecule has 0 bridgehead atoms. The van der Waals surface area contributed by atoms with Crippen molar-refractivity contribution in [2.75, 3.05) is 18.4 Å². The van der Waals surface area contributed by atoms with Gasteiger partial charge in [-0.05, 0) is 66.2 Å². The molecule has 1 aromatic heterocycles. The van der Waals surface area contributed by atoms with Crippen LogP contribution in [0.3, 0.4) is 0 Å². The van der Waals surface area contributed by atoms with Crippen molar-refractivity contribution in [2.24, 2.45) is 0 Å². The first-order valence-electron chi connectivity index (χ1n) is 10.7. The molecule has 0 fully saturated rings. The molecule has 3 rings (SSSR count). The van der Waals surface area contributed by atoms with E-state index < -0.39 is 11.8 Å². The molecule has 0 saturated heterocycles. The van der Waals surface area contributed by atoms with E-state index in [1.807, 2.05) is 25.3 Å². The molecule has 3 amide bonds. The van der Waals surface area contributed by atoms with E-state index in [2.05, 4.69) is 5.32 Å². The fraction of sp³-hybridized carbons (Fsp3) is 0.280. The number of carbonyl (C=O) groups is 2. The first kappa shape index (κ1) is 24.4. The van der Waals surface area contributed by atoms with Crippen LogP contribution in [0.15, 0.2) is 60.0 Å². The average molecular weight is 472 g/mol. The van der Waals surface area contributed by atoms with Gasteiger partial charge in [-0.3, -0.25) is 4.79 Å². The van der Waals surface area contributed by atoms with E-state index in [0.29, 0.717) is 31.7 Å². The normalized spacial score (nSPS) is 10.7. The summed E-state index contributed by atoms with van der Waals surface area (Å²) in [6, 6.07) is 13.2. The lowest BCUT2D eigenvalue weighted by Gasteiger charge is -2.28. The Kier molecular flexibility index (Phi) is 8.54. The minimum atomic E-state index is -0.468. The molecule has 1 N–H and O–H groups in total. The van der Waals surface area contributed by atoms with Crippen molar-refractivity contribution < 1.29 is 18.4 Å². The molecule has 0 spiro atoms. The van der Waals surface area contributed by atoms with Crippen LogP contribution >= 0.6 is 11.3 Å². The van der Waals surface area contributed by atoms with Gasteiger partial charge in [-0.2, -0.15) is 0 Å². The van der Waals surface area contributed by atoms with Gasteiger partial charge in [0.2, 0.25) is 5.91 Å². The summed E-state index contributed by atoms with van der Waals surface area (Å²) in [5, 5.41) is 4.63. The molecule has 0 radical (unpaired) electrons. The van der Waals surface area contributed by atoms with E-state index in [4.69, 9.17) is 0 Å². The van der Waals surface area contributed by atoms with Crippen LogP contribution in [0.2, 0.25) is 0 Å². The largest absolute Gasteiger partial charge is 0.332 e. The molecular formula is C25H27F2N3O2S. The highest BCUT2D eigenvalue weighted by atomic mass is 32.1. The van der Waals surface area contributed by atoms with Crippen molar-refractivity contribution in [1.29, 1.82) is 0 Å². The maximum atomic E-state index is 13.5. The number of carbonyl (C=O) groups excluding carboxylic acids is 2. The summed E-state index contributed by atoms with van der Waals surface area (Å²) in [5.41, 5.74) is 2.21. The Morgan fingerprint density at radius 2 is 1.73 bits per heavy atom. The van der Waals surface area contributed by atoms with E-state index >= 15 is 0 Å². The number of hydrogen-bond acceptors (Lipinski definition) is 3. The van der Waals surface area contributed by atoms with Crippen molar-refractivity contribution in [2.45, 2.75) is 33.4 Å². The lowest BCUT2D eigenvalue weighted by atomic mass is 10.2. The fourth-order valence-corrected chi connectivity index (χ4v) is 4.26. The maximum Gasteiger partial charge on any atom is 0.322 e. The third-order valence-electron chi connectivity index (χ3n) is 5.12. The minimum absolute atomic E-state index is 0.124. The van der Waals surface area contributed by atoms with Gasteiger partial charge in [0, 0.05) is 23.7 Å². The number of benzene rings is 2. The Labute approximate surface area is 196 Å². The van der Waals surface area contributed by atoms with Gasteiger partial charge in [0.1, 0.15) is 18.2 Å². The smallest absolute Gasteiger partial charge is 0.322 e. The number of thiophene rings is 1. The third-order valence-corrected chi connectivity index (χ3v) is 6.13. The second kappa shape index (κ2) is 11.6. The van der Waals surface area contributed by atoms with Crippen molar-refractivity contribution in [3.63, 3.8) is 0 Å². The van der Waals surface area contributed by atoms with E-state index in [0.717, 1.165) is 16.0 Å². The van der Waals surface area contributed by atoms with Gasteiger partial charge >= 0.3 is 6.03 Å². The molecule has 0 aliphatic carbocycles. The molecule has 0 unspecified atom stereocenters. The molecule has 3 aromatic rings. The van der Waals surface area contributed by atoms with Crippen LogP contribution in [0.4, 0.5) is 19.3 Å². The zero-order chi connectivity index (χ0) is 23.8. The fourth-order valence-electron chi connectivity index (χ4n) is 3.34. The Morgan fingerprint density at radius 1 is 0.970 bits per heavy atom. The predicted octanol–water partition coefficient (Wildman–Crippen LogP) is 5.81. The number of urea groups is 1. The zero-order valence-corrected chi connectivity index (χ0v) is 19.5. The molecule has 5 nitrogen and oxygen atoms in total. The van der Waals surface area contributed by atoms with E-state index in [1.54, 1.807) is 34.4 Å². The van der Waals surface area contributed by atoms with Crippen LogP contribution in [0, 0.1) is 18.6 Å². The number of nitrogens with zero attached hydrogens (tertiary/aromatic N) is 2. The predicted molar refractivity (Wildman–Crippen MR) is 127 cm³/mol. The molecule has 1 heterocycles. The summed E-state index contributed by atoms with van der Waals surface area (Å²) in [7, 11) is 0. The summed E-state index contributed by atoms with van der Waals surface area (Å²) in [6.45, 7) is 4.84. The Morgan fingerprint density at radius 3 is 2.36 bits per heavy atom. The number of nitrogens with one attached hydrogen (secondary N) is 1. The van der Waals surface area contributed by atoms with Crippen molar-refractivity contribution in [3.05, 3.63) is 87.6 Å². The summed E-state index contributed by atoms with van der Waals surface area (Å²) in [4.78, 5) is 30.3. The highest BCUT2D eigenvalue weighted by Gasteiger charge is 2.22. The molecule has 8 heteroatoms. The topological polar surface area (TPSA) is 52.7 Å². The molecule has 174 valence electrons. The van der Waals surface area contributed by atoms with Gasteiger partial charge in [0.15, 0.2) is 0 Å². The Balaban J connectivity index is 1.76. The second-order valence-corrected chi connectivity index (χ2v) is 8.77. The van der Waals surface area contributed by atoms with Crippen molar-refractivity contribution >= 4 is 29.0 Å². The SMILES string of the molecule is CCCN(CC(=O)N(Cc1ccc(F)cc1)Cc1sccc1C)C(=O)Nc1cccc(F)c1. The van der Waals surface area contributed by atoms with Gasteiger partial charge in [0.05, 0.1) is 6.54 Å². The zero-order valence-electron chi connectivity index (χ0n) is 18.7. The quantitative estimate of drug-likeness (QED) is 0.428. The summed E-state index contributed by atoms with van der Waals surface area (Å²) < 4.78 is 26.8. The highest BCUT2D eigenvalue weighted by Crippen LogP contribution is 2.20. The third kappa shape index (κ3) is 7.12. The maximum absolute atomic E-state index is 13.5. The lowest BCUT2D eigenvalue weighted by Crippen LogP contribution is -2.44. The Bertz CT molecular complexity index is 1090. The monoisotopic (exact) mass is 471 g/mol. The highest BCUT2D eigenvalue weighted by molar-refractivity contribution is 7.10. The van der Waals surface area contributed by atoms with E-state index in [1.165, 1.54) is 35.2 Å². The van der Waals surface area contributed by atoms with E-state index in [9.17, 15) is 18.4 Å². The van der Waals surface area contributed by atoms with Gasteiger partial charge in [-0.25, -0.2) is 13.6 Å². The van der Waals surface area contributed by atoms with Crippen LogP contribution in [-0.2, 0) is 17.9 Å². The van der Waals surface area contributed by atoms with E-state index in [-0.39, 0.29) is 18.3 Å². The number of anilines is 1. The number of halogens is 2. The molecule has 33 heavy (non-hydrogen) atoms. The average Bonchev–Trinajstić information content (AvgIpc) is 3.18. The van der Waals surface area contributed by atoms with Gasteiger partial charge < -0.3 is 15.1 Å². The standard InChI is InChI=1S/C25H27F2N3O2S/c1-3-12-29(25(32)28-22-6-4-5-21(27)14-22)17-24(31)30(16-23-18(2)11-13-33-23)15-19-7-9-20(26)10-8-19/h4-11,13-14H,3,12,15-17H2,1-2H3,(H,28,32). The van der Waals surface area contributed by atoms with Gasteiger partial charge in [-0.1, -0.05) is 25.1 Å².